The molecular formula is C18H33N3O2. The molecule has 0 bridgehead atoms. The van der Waals surface area contributed by atoms with Crippen LogP contribution in [0.15, 0.2) is 0 Å². The van der Waals surface area contributed by atoms with E-state index in [0.29, 0.717) is 18.3 Å². The molecule has 0 unspecified atom stereocenters. The van der Waals surface area contributed by atoms with Crippen molar-refractivity contribution in [2.45, 2.75) is 71.3 Å². The van der Waals surface area contributed by atoms with Gasteiger partial charge in [0.05, 0.1) is 0 Å². The molecule has 0 aromatic carbocycles. The SMILES string of the molecule is CC(C)(C)NC(=O)N1CCC(CNC(=O)CC2CCCC2)CC1. The average Bonchev–Trinajstić information content (AvgIpc) is 2.97. The lowest BCUT2D eigenvalue weighted by atomic mass is 9.96. The van der Waals surface area contributed by atoms with Gasteiger partial charge >= 0.3 is 6.03 Å². The first kappa shape index (κ1) is 18.1. The fraction of sp³-hybridized carbons (Fsp3) is 0.889. The van der Waals surface area contributed by atoms with Gasteiger partial charge in [-0.15, -0.1) is 0 Å². The van der Waals surface area contributed by atoms with Crippen molar-refractivity contribution in [3.63, 3.8) is 0 Å². The van der Waals surface area contributed by atoms with E-state index in [4.69, 9.17) is 0 Å². The minimum atomic E-state index is -0.192. The second-order valence-electron chi connectivity index (χ2n) is 8.27. The number of nitrogens with zero attached hydrogens (tertiary/aromatic N) is 1. The van der Waals surface area contributed by atoms with Crippen LogP contribution >= 0.6 is 0 Å². The first-order chi connectivity index (χ1) is 10.8. The van der Waals surface area contributed by atoms with Crippen LogP contribution in [0.2, 0.25) is 0 Å². The van der Waals surface area contributed by atoms with Crippen LogP contribution < -0.4 is 10.6 Å². The maximum absolute atomic E-state index is 12.1. The smallest absolute Gasteiger partial charge is 0.317 e. The maximum atomic E-state index is 12.1. The van der Waals surface area contributed by atoms with Gasteiger partial charge in [-0.25, -0.2) is 4.79 Å². The van der Waals surface area contributed by atoms with Crippen LogP contribution in [0.5, 0.6) is 0 Å². The lowest BCUT2D eigenvalue weighted by molar-refractivity contribution is -0.122. The summed E-state index contributed by atoms with van der Waals surface area (Å²) in [5.74, 6) is 1.32. The minimum Gasteiger partial charge on any atom is -0.356 e. The zero-order chi connectivity index (χ0) is 16.9. The fourth-order valence-corrected chi connectivity index (χ4v) is 3.55. The molecule has 2 aliphatic rings. The molecule has 1 heterocycles. The van der Waals surface area contributed by atoms with Gasteiger partial charge in [-0.1, -0.05) is 12.8 Å². The van der Waals surface area contributed by atoms with E-state index in [-0.39, 0.29) is 17.5 Å². The summed E-state index contributed by atoms with van der Waals surface area (Å²) in [4.78, 5) is 26.0. The Labute approximate surface area is 140 Å². The van der Waals surface area contributed by atoms with Crippen molar-refractivity contribution >= 4 is 11.9 Å². The van der Waals surface area contributed by atoms with Gasteiger partial charge in [-0.3, -0.25) is 4.79 Å². The normalized spacial score (nSPS) is 20.6. The molecule has 0 radical (unpaired) electrons. The number of amides is 3. The molecule has 0 atom stereocenters. The minimum absolute atomic E-state index is 0.0289. The molecule has 1 aliphatic carbocycles. The third-order valence-corrected chi connectivity index (χ3v) is 4.92. The van der Waals surface area contributed by atoms with Gasteiger partial charge in [0.1, 0.15) is 0 Å². The van der Waals surface area contributed by atoms with Gasteiger partial charge < -0.3 is 15.5 Å². The van der Waals surface area contributed by atoms with Crippen LogP contribution in [0, 0.1) is 11.8 Å². The van der Waals surface area contributed by atoms with Crippen LogP contribution in [0.3, 0.4) is 0 Å². The highest BCUT2D eigenvalue weighted by Crippen LogP contribution is 2.27. The number of nitrogens with one attached hydrogen (secondary N) is 2. The summed E-state index contributed by atoms with van der Waals surface area (Å²) in [6, 6.07) is 0.0289. The van der Waals surface area contributed by atoms with E-state index in [2.05, 4.69) is 10.6 Å². The van der Waals surface area contributed by atoms with Gasteiger partial charge in [0.15, 0.2) is 0 Å². The number of rotatable bonds is 4. The summed E-state index contributed by atoms with van der Waals surface area (Å²) in [6.45, 7) is 8.32. The third kappa shape index (κ3) is 6.40. The molecule has 1 aliphatic heterocycles. The fourth-order valence-electron chi connectivity index (χ4n) is 3.55. The Kier molecular flexibility index (Phi) is 6.31. The van der Waals surface area contributed by atoms with E-state index < -0.39 is 0 Å². The number of hydrogen-bond acceptors (Lipinski definition) is 2. The lowest BCUT2D eigenvalue weighted by Gasteiger charge is -2.34. The Morgan fingerprint density at radius 2 is 1.61 bits per heavy atom. The van der Waals surface area contributed by atoms with Crippen molar-refractivity contribution in [2.75, 3.05) is 19.6 Å². The maximum Gasteiger partial charge on any atom is 0.317 e. The lowest BCUT2D eigenvalue weighted by Crippen LogP contribution is -2.51. The van der Waals surface area contributed by atoms with Crippen molar-refractivity contribution < 1.29 is 9.59 Å². The molecule has 2 N–H and O–H groups in total. The van der Waals surface area contributed by atoms with Gasteiger partial charge in [0, 0.05) is 31.6 Å². The van der Waals surface area contributed by atoms with Gasteiger partial charge in [0.2, 0.25) is 5.91 Å². The van der Waals surface area contributed by atoms with Crippen LogP contribution in [0.1, 0.15) is 65.7 Å². The number of urea groups is 1. The van der Waals surface area contributed by atoms with E-state index in [9.17, 15) is 9.59 Å². The van der Waals surface area contributed by atoms with E-state index in [0.717, 1.165) is 32.5 Å². The molecule has 1 saturated heterocycles. The number of likely N-dealkylation sites (tertiary alicyclic amines) is 1. The molecule has 1 saturated carbocycles. The third-order valence-electron chi connectivity index (χ3n) is 4.92. The van der Waals surface area contributed by atoms with Gasteiger partial charge in [0.25, 0.3) is 0 Å². The molecule has 3 amide bonds. The Hall–Kier alpha value is -1.26. The van der Waals surface area contributed by atoms with E-state index in [1.165, 1.54) is 25.7 Å². The highest BCUT2D eigenvalue weighted by molar-refractivity contribution is 5.76. The summed E-state index contributed by atoms with van der Waals surface area (Å²) in [7, 11) is 0. The summed E-state index contributed by atoms with van der Waals surface area (Å²) >= 11 is 0. The van der Waals surface area contributed by atoms with Gasteiger partial charge in [-0.05, 0) is 58.3 Å². The van der Waals surface area contributed by atoms with E-state index in [1.54, 1.807) is 0 Å². The highest BCUT2D eigenvalue weighted by Gasteiger charge is 2.25. The topological polar surface area (TPSA) is 61.4 Å². The molecule has 0 aromatic rings. The first-order valence-corrected chi connectivity index (χ1v) is 9.17. The zero-order valence-electron chi connectivity index (χ0n) is 15.0. The van der Waals surface area contributed by atoms with Gasteiger partial charge in [-0.2, -0.15) is 0 Å². The molecule has 2 fully saturated rings. The van der Waals surface area contributed by atoms with Crippen molar-refractivity contribution in [2.24, 2.45) is 11.8 Å². The Morgan fingerprint density at radius 1 is 1.00 bits per heavy atom. The van der Waals surface area contributed by atoms with E-state index >= 15 is 0 Å². The molecule has 23 heavy (non-hydrogen) atoms. The second kappa shape index (κ2) is 8.02. The van der Waals surface area contributed by atoms with Crippen LogP contribution in [0.25, 0.3) is 0 Å². The molecule has 0 spiro atoms. The molecule has 132 valence electrons. The summed E-state index contributed by atoms with van der Waals surface area (Å²) in [5.41, 5.74) is -0.192. The molecule has 5 heteroatoms. The number of piperidine rings is 1. The van der Waals surface area contributed by atoms with Crippen molar-refractivity contribution in [3.8, 4) is 0 Å². The monoisotopic (exact) mass is 323 g/mol. The first-order valence-electron chi connectivity index (χ1n) is 9.17. The number of hydrogen-bond donors (Lipinski definition) is 2. The van der Waals surface area contributed by atoms with Crippen LogP contribution in [-0.2, 0) is 4.79 Å². The molecular weight excluding hydrogens is 290 g/mol. The van der Waals surface area contributed by atoms with Crippen LogP contribution in [-0.4, -0.2) is 42.0 Å². The predicted octanol–water partition coefficient (Wildman–Crippen LogP) is 2.90. The summed E-state index contributed by atoms with van der Waals surface area (Å²) in [6.07, 6.45) is 7.65. The van der Waals surface area contributed by atoms with Crippen molar-refractivity contribution in [1.82, 2.24) is 15.5 Å². The second-order valence-corrected chi connectivity index (χ2v) is 8.27. The molecule has 2 rings (SSSR count). The van der Waals surface area contributed by atoms with E-state index in [1.807, 2.05) is 25.7 Å². The van der Waals surface area contributed by atoms with Crippen molar-refractivity contribution in [3.05, 3.63) is 0 Å². The summed E-state index contributed by atoms with van der Waals surface area (Å²) in [5, 5.41) is 6.12. The van der Waals surface area contributed by atoms with Crippen LogP contribution in [0.4, 0.5) is 4.79 Å². The molecule has 0 aromatic heterocycles. The van der Waals surface area contributed by atoms with Crippen molar-refractivity contribution in [1.29, 1.82) is 0 Å². The average molecular weight is 323 g/mol. The standard InChI is InChI=1S/C18H33N3O2/c1-18(2,3)20-17(23)21-10-8-15(9-11-21)13-19-16(22)12-14-6-4-5-7-14/h14-15H,4-13H2,1-3H3,(H,19,22)(H,20,23). The Balaban J connectivity index is 1.62. The number of carbonyl (C=O) groups is 2. The highest BCUT2D eigenvalue weighted by atomic mass is 16.2. The Bertz CT molecular complexity index is 403. The molecule has 5 nitrogen and oxygen atoms in total. The predicted molar refractivity (Wildman–Crippen MR) is 92.2 cm³/mol. The zero-order valence-corrected chi connectivity index (χ0v) is 15.0. The Morgan fingerprint density at radius 3 is 2.17 bits per heavy atom. The number of carbonyl (C=O) groups excluding carboxylic acids is 2. The quantitative estimate of drug-likeness (QED) is 0.835. The summed E-state index contributed by atoms with van der Waals surface area (Å²) < 4.78 is 0. The largest absolute Gasteiger partial charge is 0.356 e.